The Bertz CT molecular complexity index is 297. The van der Waals surface area contributed by atoms with Gasteiger partial charge in [0.2, 0.25) is 5.91 Å². The van der Waals surface area contributed by atoms with Crippen molar-refractivity contribution in [2.45, 2.75) is 12.5 Å². The van der Waals surface area contributed by atoms with E-state index in [-0.39, 0.29) is 11.9 Å². The van der Waals surface area contributed by atoms with Gasteiger partial charge in [0, 0.05) is 25.4 Å². The van der Waals surface area contributed by atoms with Crippen LogP contribution in [0.2, 0.25) is 0 Å². The largest absolute Gasteiger partial charge is 0.337 e. The van der Waals surface area contributed by atoms with E-state index in [4.69, 9.17) is 5.73 Å². The van der Waals surface area contributed by atoms with Crippen LogP contribution in [-0.4, -0.2) is 50.4 Å². The number of carbonyl (C=O) groups is 1. The van der Waals surface area contributed by atoms with Crippen LogP contribution < -0.4 is 5.73 Å². The van der Waals surface area contributed by atoms with Crippen molar-refractivity contribution < 1.29 is 13.2 Å². The topological polar surface area (TPSA) is 80.5 Å². The normalized spacial score (nSPS) is 22.6. The standard InChI is InChI=1S/C7H14N2O3S/c1-13(11,12)5-7(10)9-3-2-6(9)4-8/h6H,2-5,8H2,1H3. The Hall–Kier alpha value is -0.620. The average Bonchev–Trinajstić information content (AvgIpc) is 1.80. The molecule has 2 N–H and O–H groups in total. The zero-order valence-electron chi connectivity index (χ0n) is 7.56. The molecule has 1 aliphatic heterocycles. The van der Waals surface area contributed by atoms with E-state index in [1.54, 1.807) is 0 Å². The number of rotatable bonds is 3. The van der Waals surface area contributed by atoms with Crippen LogP contribution in [0.4, 0.5) is 0 Å². The van der Waals surface area contributed by atoms with Crippen LogP contribution in [0.25, 0.3) is 0 Å². The van der Waals surface area contributed by atoms with Crippen LogP contribution in [0.5, 0.6) is 0 Å². The minimum Gasteiger partial charge on any atom is -0.337 e. The second-order valence-electron chi connectivity index (χ2n) is 3.34. The molecule has 13 heavy (non-hydrogen) atoms. The fraction of sp³-hybridized carbons (Fsp3) is 0.857. The molecule has 0 aromatic heterocycles. The Morgan fingerprint density at radius 3 is 2.54 bits per heavy atom. The third kappa shape index (κ3) is 2.67. The van der Waals surface area contributed by atoms with Crippen molar-refractivity contribution in [3.8, 4) is 0 Å². The summed E-state index contributed by atoms with van der Waals surface area (Å²) >= 11 is 0. The molecule has 5 nitrogen and oxygen atoms in total. The summed E-state index contributed by atoms with van der Waals surface area (Å²) in [7, 11) is -3.21. The average molecular weight is 206 g/mol. The fourth-order valence-corrected chi connectivity index (χ4v) is 1.94. The Morgan fingerprint density at radius 1 is 1.62 bits per heavy atom. The minimum atomic E-state index is -3.21. The number of nitrogens with two attached hydrogens (primary N) is 1. The van der Waals surface area contributed by atoms with Gasteiger partial charge in [-0.3, -0.25) is 4.79 Å². The highest BCUT2D eigenvalue weighted by atomic mass is 32.2. The van der Waals surface area contributed by atoms with E-state index in [1.165, 1.54) is 4.90 Å². The SMILES string of the molecule is CS(=O)(=O)CC(=O)N1CCC1CN. The first-order chi connectivity index (χ1) is 5.94. The highest BCUT2D eigenvalue weighted by Gasteiger charge is 2.31. The summed E-state index contributed by atoms with van der Waals surface area (Å²) in [5.74, 6) is -0.729. The number of hydrogen-bond donors (Lipinski definition) is 1. The van der Waals surface area contributed by atoms with Crippen LogP contribution in [0.15, 0.2) is 0 Å². The van der Waals surface area contributed by atoms with E-state index in [2.05, 4.69) is 0 Å². The van der Waals surface area contributed by atoms with Crippen LogP contribution >= 0.6 is 0 Å². The van der Waals surface area contributed by atoms with E-state index in [0.717, 1.165) is 12.7 Å². The number of sulfone groups is 1. The van der Waals surface area contributed by atoms with Gasteiger partial charge in [0.1, 0.15) is 5.75 Å². The molecule has 1 aliphatic rings. The molecule has 1 fully saturated rings. The summed E-state index contributed by atoms with van der Waals surface area (Å²) in [5, 5.41) is 0. The second-order valence-corrected chi connectivity index (χ2v) is 5.48. The predicted octanol–water partition coefficient (Wildman–Crippen LogP) is -1.41. The highest BCUT2D eigenvalue weighted by Crippen LogP contribution is 2.16. The molecule has 1 rings (SSSR count). The van der Waals surface area contributed by atoms with Gasteiger partial charge in [0.05, 0.1) is 0 Å². The summed E-state index contributed by atoms with van der Waals surface area (Å²) < 4.78 is 21.6. The number of hydrogen-bond acceptors (Lipinski definition) is 4. The smallest absolute Gasteiger partial charge is 0.238 e. The maximum Gasteiger partial charge on any atom is 0.238 e. The molecule has 0 saturated carbocycles. The molecule has 0 aromatic rings. The zero-order chi connectivity index (χ0) is 10.1. The lowest BCUT2D eigenvalue weighted by Crippen LogP contribution is -2.55. The third-order valence-corrected chi connectivity index (χ3v) is 2.89. The molecule has 0 aromatic carbocycles. The van der Waals surface area contributed by atoms with Crippen LogP contribution in [0, 0.1) is 0 Å². The molecule has 76 valence electrons. The fourth-order valence-electron chi connectivity index (χ4n) is 1.32. The highest BCUT2D eigenvalue weighted by molar-refractivity contribution is 7.91. The van der Waals surface area contributed by atoms with E-state index in [9.17, 15) is 13.2 Å². The third-order valence-electron chi connectivity index (χ3n) is 2.12. The summed E-state index contributed by atoms with van der Waals surface area (Å²) in [6, 6.07) is 0.0502. The van der Waals surface area contributed by atoms with E-state index in [1.807, 2.05) is 0 Å². The molecule has 1 atom stereocenters. The molecule has 0 radical (unpaired) electrons. The first-order valence-electron chi connectivity index (χ1n) is 4.11. The van der Waals surface area contributed by atoms with Gasteiger partial charge in [-0.25, -0.2) is 8.42 Å². The van der Waals surface area contributed by atoms with Gasteiger partial charge < -0.3 is 10.6 Å². The van der Waals surface area contributed by atoms with Crippen molar-refractivity contribution in [2.75, 3.05) is 25.1 Å². The first-order valence-corrected chi connectivity index (χ1v) is 6.17. The van der Waals surface area contributed by atoms with Crippen LogP contribution in [-0.2, 0) is 14.6 Å². The maximum atomic E-state index is 11.3. The van der Waals surface area contributed by atoms with E-state index in [0.29, 0.717) is 13.1 Å². The summed E-state index contributed by atoms with van der Waals surface area (Å²) in [6.45, 7) is 1.05. The van der Waals surface area contributed by atoms with E-state index >= 15 is 0 Å². The van der Waals surface area contributed by atoms with Gasteiger partial charge in [-0.05, 0) is 6.42 Å². The molecule has 0 bridgehead atoms. The summed E-state index contributed by atoms with van der Waals surface area (Å²) in [4.78, 5) is 12.8. The van der Waals surface area contributed by atoms with Crippen molar-refractivity contribution in [1.82, 2.24) is 4.90 Å². The molecular formula is C7H14N2O3S. The lowest BCUT2D eigenvalue weighted by atomic mass is 10.0. The zero-order valence-corrected chi connectivity index (χ0v) is 8.38. The molecule has 0 aliphatic carbocycles. The molecular weight excluding hydrogens is 192 g/mol. The van der Waals surface area contributed by atoms with Gasteiger partial charge in [-0.15, -0.1) is 0 Å². The predicted molar refractivity (Wildman–Crippen MR) is 48.9 cm³/mol. The number of amides is 1. The van der Waals surface area contributed by atoms with Gasteiger partial charge in [0.15, 0.2) is 9.84 Å². The van der Waals surface area contributed by atoms with Gasteiger partial charge in [-0.2, -0.15) is 0 Å². The molecule has 1 amide bonds. The van der Waals surface area contributed by atoms with Crippen LogP contribution in [0.3, 0.4) is 0 Å². The summed E-state index contributed by atoms with van der Waals surface area (Å²) in [5.41, 5.74) is 5.38. The quantitative estimate of drug-likeness (QED) is 0.615. The van der Waals surface area contributed by atoms with Crippen molar-refractivity contribution in [2.24, 2.45) is 5.73 Å². The van der Waals surface area contributed by atoms with Crippen molar-refractivity contribution in [3.63, 3.8) is 0 Å². The van der Waals surface area contributed by atoms with E-state index < -0.39 is 15.6 Å². The van der Waals surface area contributed by atoms with Crippen molar-refractivity contribution in [1.29, 1.82) is 0 Å². The monoisotopic (exact) mass is 206 g/mol. The van der Waals surface area contributed by atoms with Crippen LogP contribution in [0.1, 0.15) is 6.42 Å². The first kappa shape index (κ1) is 10.5. The maximum absolute atomic E-state index is 11.3. The Kier molecular flexibility index (Phi) is 2.92. The number of likely N-dealkylation sites (tertiary alicyclic amines) is 1. The number of carbonyl (C=O) groups excluding carboxylic acids is 1. The van der Waals surface area contributed by atoms with Gasteiger partial charge in [-0.1, -0.05) is 0 Å². The molecule has 6 heteroatoms. The Labute approximate surface area is 77.8 Å². The second kappa shape index (κ2) is 3.63. The molecule has 1 heterocycles. The molecule has 1 unspecified atom stereocenters. The lowest BCUT2D eigenvalue weighted by Gasteiger charge is -2.40. The Balaban J connectivity index is 2.50. The van der Waals surface area contributed by atoms with Crippen molar-refractivity contribution >= 4 is 15.7 Å². The molecule has 1 saturated heterocycles. The van der Waals surface area contributed by atoms with Gasteiger partial charge >= 0.3 is 0 Å². The number of nitrogens with zero attached hydrogens (tertiary/aromatic N) is 1. The summed E-state index contributed by atoms with van der Waals surface area (Å²) in [6.07, 6.45) is 1.94. The van der Waals surface area contributed by atoms with Gasteiger partial charge in [0.25, 0.3) is 0 Å². The van der Waals surface area contributed by atoms with Crippen molar-refractivity contribution in [3.05, 3.63) is 0 Å². The minimum absolute atomic E-state index is 0.0502. The lowest BCUT2D eigenvalue weighted by molar-refractivity contribution is -0.135. The molecule has 0 spiro atoms. The Morgan fingerprint density at radius 2 is 2.23 bits per heavy atom.